The van der Waals surface area contributed by atoms with E-state index in [1.54, 1.807) is 34.1 Å². The molecule has 1 aromatic carbocycles. The van der Waals surface area contributed by atoms with E-state index in [1.165, 1.54) is 25.4 Å². The van der Waals surface area contributed by atoms with Crippen LogP contribution in [0.2, 0.25) is 0 Å². The van der Waals surface area contributed by atoms with Crippen LogP contribution in [-0.4, -0.2) is 72.3 Å². The van der Waals surface area contributed by atoms with E-state index in [-0.39, 0.29) is 17.2 Å². The number of ether oxygens (including phenoxy) is 1. The fourth-order valence-electron chi connectivity index (χ4n) is 2.89. The van der Waals surface area contributed by atoms with Gasteiger partial charge in [-0.15, -0.1) is 0 Å². The van der Waals surface area contributed by atoms with Crippen LogP contribution in [0.5, 0.6) is 0 Å². The molecule has 2 heterocycles. The second kappa shape index (κ2) is 8.96. The smallest absolute Gasteiger partial charge is 0.337 e. The van der Waals surface area contributed by atoms with Crippen molar-refractivity contribution in [2.75, 3.05) is 38.6 Å². The van der Waals surface area contributed by atoms with E-state index >= 15 is 0 Å². The molecule has 1 aromatic heterocycles. The van der Waals surface area contributed by atoms with Crippen molar-refractivity contribution in [2.45, 2.75) is 0 Å². The van der Waals surface area contributed by atoms with E-state index in [2.05, 4.69) is 15.0 Å². The minimum absolute atomic E-state index is 0.165. The van der Waals surface area contributed by atoms with Gasteiger partial charge in [0, 0.05) is 43.6 Å². The Balaban J connectivity index is 1.67. The highest BCUT2D eigenvalue weighted by molar-refractivity contribution is 6.05. The zero-order chi connectivity index (χ0) is 20.8. The van der Waals surface area contributed by atoms with Crippen molar-refractivity contribution in [3.05, 3.63) is 59.4 Å². The van der Waals surface area contributed by atoms with E-state index in [4.69, 9.17) is 0 Å². The van der Waals surface area contributed by atoms with E-state index in [1.807, 2.05) is 0 Å². The Labute approximate surface area is 167 Å². The van der Waals surface area contributed by atoms with Crippen LogP contribution in [-0.2, 0) is 9.53 Å². The normalized spacial score (nSPS) is 13.6. The van der Waals surface area contributed by atoms with Gasteiger partial charge in [0.25, 0.3) is 11.8 Å². The van der Waals surface area contributed by atoms with Gasteiger partial charge in [-0.05, 0) is 36.4 Å². The summed E-state index contributed by atoms with van der Waals surface area (Å²) in [6, 6.07) is 9.21. The Morgan fingerprint density at radius 2 is 1.72 bits per heavy atom. The number of methoxy groups -OCH3 is 1. The Hall–Kier alpha value is -3.75. The van der Waals surface area contributed by atoms with Gasteiger partial charge in [-0.3, -0.25) is 19.4 Å². The summed E-state index contributed by atoms with van der Waals surface area (Å²) >= 11 is 0. The van der Waals surface area contributed by atoms with Gasteiger partial charge in [-0.1, -0.05) is 0 Å². The molecule has 0 radical (unpaired) electrons. The minimum Gasteiger partial charge on any atom is -0.465 e. The van der Waals surface area contributed by atoms with Gasteiger partial charge >= 0.3 is 5.97 Å². The van der Waals surface area contributed by atoms with Gasteiger partial charge in [0.2, 0.25) is 6.41 Å². The molecule has 3 rings (SSSR count). The molecule has 0 bridgehead atoms. The number of nitrogens with one attached hydrogen (secondary N) is 1. The summed E-state index contributed by atoms with van der Waals surface area (Å²) in [4.78, 5) is 54.7. The lowest BCUT2D eigenvalue weighted by Gasteiger charge is -2.32. The molecule has 150 valence electrons. The van der Waals surface area contributed by atoms with E-state index in [9.17, 15) is 19.2 Å². The summed E-state index contributed by atoms with van der Waals surface area (Å²) in [7, 11) is 1.29. The number of hydrogen-bond acceptors (Lipinski definition) is 6. The quantitative estimate of drug-likeness (QED) is 0.597. The number of amides is 3. The molecule has 9 nitrogen and oxygen atoms in total. The standard InChI is InChI=1S/C20H20N4O5/c1-29-20(28)14-2-4-16(5-3-14)22-18(26)15-6-7-21-17(12-15)19(27)24-10-8-23(13-25)9-11-24/h2-7,12-13H,8-11H2,1H3,(H,22,26). The zero-order valence-corrected chi connectivity index (χ0v) is 15.8. The highest BCUT2D eigenvalue weighted by Crippen LogP contribution is 2.13. The number of pyridine rings is 1. The molecule has 1 aliphatic heterocycles. The van der Waals surface area contributed by atoms with Crippen LogP contribution >= 0.6 is 0 Å². The molecule has 1 aliphatic rings. The second-order valence-corrected chi connectivity index (χ2v) is 6.39. The number of esters is 1. The van der Waals surface area contributed by atoms with Gasteiger partial charge in [0.1, 0.15) is 5.69 Å². The summed E-state index contributed by atoms with van der Waals surface area (Å²) in [5.74, 6) is -1.15. The maximum atomic E-state index is 12.6. The molecule has 1 fully saturated rings. The summed E-state index contributed by atoms with van der Waals surface area (Å²) < 4.78 is 4.64. The SMILES string of the molecule is COC(=O)c1ccc(NC(=O)c2ccnc(C(=O)N3CCN(C=O)CC3)c2)cc1. The molecular formula is C20H20N4O5. The highest BCUT2D eigenvalue weighted by Gasteiger charge is 2.23. The van der Waals surface area contributed by atoms with E-state index < -0.39 is 11.9 Å². The summed E-state index contributed by atoms with van der Waals surface area (Å²) in [5.41, 5.74) is 1.32. The van der Waals surface area contributed by atoms with Gasteiger partial charge in [-0.2, -0.15) is 0 Å². The van der Waals surface area contributed by atoms with Crippen molar-refractivity contribution >= 4 is 29.9 Å². The molecule has 2 aromatic rings. The van der Waals surface area contributed by atoms with Crippen LogP contribution in [0.3, 0.4) is 0 Å². The van der Waals surface area contributed by atoms with Crippen LogP contribution in [0.15, 0.2) is 42.6 Å². The van der Waals surface area contributed by atoms with E-state index in [0.717, 1.165) is 6.41 Å². The average molecular weight is 396 g/mol. The fraction of sp³-hybridized carbons (Fsp3) is 0.250. The molecule has 0 aliphatic carbocycles. The highest BCUT2D eigenvalue weighted by atomic mass is 16.5. The zero-order valence-electron chi connectivity index (χ0n) is 15.8. The Bertz CT molecular complexity index is 921. The number of hydrogen-bond donors (Lipinski definition) is 1. The first-order valence-corrected chi connectivity index (χ1v) is 8.96. The van der Waals surface area contributed by atoms with Crippen molar-refractivity contribution in [3.63, 3.8) is 0 Å². The van der Waals surface area contributed by atoms with Gasteiger partial charge < -0.3 is 19.9 Å². The molecule has 1 N–H and O–H groups in total. The Kier molecular flexibility index (Phi) is 6.18. The molecular weight excluding hydrogens is 376 g/mol. The lowest BCUT2D eigenvalue weighted by atomic mass is 10.1. The molecule has 1 saturated heterocycles. The van der Waals surface area contributed by atoms with Crippen molar-refractivity contribution in [2.24, 2.45) is 0 Å². The number of rotatable bonds is 5. The number of benzene rings is 1. The average Bonchev–Trinajstić information content (AvgIpc) is 2.78. The third-order valence-electron chi connectivity index (χ3n) is 4.56. The molecule has 0 saturated carbocycles. The number of carbonyl (C=O) groups excluding carboxylic acids is 4. The van der Waals surface area contributed by atoms with Crippen molar-refractivity contribution < 1.29 is 23.9 Å². The molecule has 0 unspecified atom stereocenters. The fourth-order valence-corrected chi connectivity index (χ4v) is 2.89. The minimum atomic E-state index is -0.464. The van der Waals surface area contributed by atoms with Gasteiger partial charge in [-0.25, -0.2) is 4.79 Å². The Morgan fingerprint density at radius 1 is 1.03 bits per heavy atom. The predicted octanol–water partition coefficient (Wildman–Crippen LogP) is 1.03. The first-order chi connectivity index (χ1) is 14.0. The molecule has 0 atom stereocenters. The topological polar surface area (TPSA) is 109 Å². The van der Waals surface area contributed by atoms with Crippen LogP contribution in [0.4, 0.5) is 5.69 Å². The number of anilines is 1. The number of carbonyl (C=O) groups is 4. The predicted molar refractivity (Wildman–Crippen MR) is 104 cm³/mol. The number of aromatic nitrogens is 1. The summed E-state index contributed by atoms with van der Waals surface area (Å²) in [6.07, 6.45) is 2.17. The maximum absolute atomic E-state index is 12.6. The Morgan fingerprint density at radius 3 is 2.34 bits per heavy atom. The first kappa shape index (κ1) is 20.0. The van der Waals surface area contributed by atoms with E-state index in [0.29, 0.717) is 37.4 Å². The van der Waals surface area contributed by atoms with Crippen molar-refractivity contribution in [3.8, 4) is 0 Å². The van der Waals surface area contributed by atoms with Crippen LogP contribution in [0.1, 0.15) is 31.2 Å². The maximum Gasteiger partial charge on any atom is 0.337 e. The first-order valence-electron chi connectivity index (χ1n) is 8.96. The third kappa shape index (κ3) is 4.75. The number of piperazine rings is 1. The van der Waals surface area contributed by atoms with Crippen molar-refractivity contribution in [1.82, 2.24) is 14.8 Å². The molecule has 3 amide bonds. The largest absolute Gasteiger partial charge is 0.465 e. The lowest BCUT2D eigenvalue weighted by molar-refractivity contribution is -0.119. The summed E-state index contributed by atoms with van der Waals surface area (Å²) in [6.45, 7) is 1.78. The van der Waals surface area contributed by atoms with Gasteiger partial charge in [0.05, 0.1) is 12.7 Å². The number of nitrogens with zero attached hydrogens (tertiary/aromatic N) is 3. The van der Waals surface area contributed by atoms with Gasteiger partial charge in [0.15, 0.2) is 0 Å². The summed E-state index contributed by atoms with van der Waals surface area (Å²) in [5, 5.41) is 2.71. The second-order valence-electron chi connectivity index (χ2n) is 6.39. The van der Waals surface area contributed by atoms with Crippen LogP contribution in [0, 0.1) is 0 Å². The third-order valence-corrected chi connectivity index (χ3v) is 4.56. The van der Waals surface area contributed by atoms with Crippen molar-refractivity contribution in [1.29, 1.82) is 0 Å². The molecule has 29 heavy (non-hydrogen) atoms. The lowest BCUT2D eigenvalue weighted by Crippen LogP contribution is -2.48. The van der Waals surface area contributed by atoms with Crippen LogP contribution < -0.4 is 5.32 Å². The molecule has 0 spiro atoms. The molecule has 9 heteroatoms. The monoisotopic (exact) mass is 396 g/mol. The van der Waals surface area contributed by atoms with Crippen LogP contribution in [0.25, 0.3) is 0 Å².